The highest BCUT2D eigenvalue weighted by Crippen LogP contribution is 2.21. The van der Waals surface area contributed by atoms with E-state index in [1.54, 1.807) is 50.4 Å². The van der Waals surface area contributed by atoms with Gasteiger partial charge in [0.2, 0.25) is 0 Å². The number of hydrogen-bond acceptors (Lipinski definition) is 7. The van der Waals surface area contributed by atoms with Crippen LogP contribution in [-0.4, -0.2) is 47.7 Å². The maximum Gasteiger partial charge on any atom is 0.417 e. The molecule has 1 N–H and O–H groups in total. The van der Waals surface area contributed by atoms with Crippen LogP contribution < -0.4 is 5.32 Å². The number of carbonyl (C=O) groups excluding carboxylic acids is 2. The van der Waals surface area contributed by atoms with E-state index in [1.165, 1.54) is 7.11 Å². The summed E-state index contributed by atoms with van der Waals surface area (Å²) in [6.07, 6.45) is 0.813. The van der Waals surface area contributed by atoms with Gasteiger partial charge in [-0.2, -0.15) is 0 Å². The molecule has 0 aliphatic heterocycles. The van der Waals surface area contributed by atoms with E-state index in [2.05, 4.69) is 10.3 Å². The van der Waals surface area contributed by atoms with E-state index < -0.39 is 23.7 Å². The van der Waals surface area contributed by atoms with Crippen LogP contribution in [0.3, 0.4) is 0 Å². The Bertz CT molecular complexity index is 760. The first-order valence-electron chi connectivity index (χ1n) is 9.53. The Balaban J connectivity index is 2.02. The molecule has 0 spiro atoms. The molecule has 0 radical (unpaired) electrons. The van der Waals surface area contributed by atoms with Crippen molar-refractivity contribution in [2.75, 3.05) is 20.2 Å². The molecular weight excluding hydrogens is 390 g/mol. The highest BCUT2D eigenvalue weighted by Gasteiger charge is 2.32. The highest BCUT2D eigenvalue weighted by molar-refractivity contribution is 7.09. The Labute approximate surface area is 176 Å². The Hall–Kier alpha value is -2.29. The minimum Gasteiger partial charge on any atom is -0.443 e. The van der Waals surface area contributed by atoms with Crippen molar-refractivity contribution in [2.45, 2.75) is 45.4 Å². The molecule has 1 aromatic carbocycles. The summed E-state index contributed by atoms with van der Waals surface area (Å²) in [5.41, 5.74) is -0.0101. The lowest BCUT2D eigenvalue weighted by atomic mass is 10.1. The number of thiazole rings is 1. The molecule has 0 saturated heterocycles. The number of aromatic nitrogens is 1. The second-order valence-electron chi connectivity index (χ2n) is 7.45. The van der Waals surface area contributed by atoms with Crippen molar-refractivity contribution < 1.29 is 19.1 Å². The third kappa shape index (κ3) is 7.56. The average Bonchev–Trinajstić information content (AvgIpc) is 3.18. The molecule has 29 heavy (non-hydrogen) atoms. The largest absolute Gasteiger partial charge is 0.443 e. The molecule has 0 aliphatic carbocycles. The molecule has 158 valence electrons. The van der Waals surface area contributed by atoms with Crippen molar-refractivity contribution in [1.29, 1.82) is 0 Å². The number of nitrogens with one attached hydrogen (secondary N) is 1. The third-order valence-electron chi connectivity index (χ3n) is 3.94. The second-order valence-corrected chi connectivity index (χ2v) is 8.43. The molecule has 1 aromatic heterocycles. The average molecular weight is 420 g/mol. The van der Waals surface area contributed by atoms with Crippen molar-refractivity contribution in [3.05, 3.63) is 52.5 Å². The van der Waals surface area contributed by atoms with Gasteiger partial charge in [0.15, 0.2) is 6.10 Å². The quantitative estimate of drug-likeness (QED) is 0.623. The van der Waals surface area contributed by atoms with Gasteiger partial charge in [-0.05, 0) is 39.3 Å². The van der Waals surface area contributed by atoms with Gasteiger partial charge in [-0.1, -0.05) is 30.3 Å². The van der Waals surface area contributed by atoms with Gasteiger partial charge in [-0.15, -0.1) is 11.3 Å². The van der Waals surface area contributed by atoms with Crippen LogP contribution in [0.25, 0.3) is 0 Å². The fraction of sp³-hybridized carbons (Fsp3) is 0.476. The monoisotopic (exact) mass is 419 g/mol. The van der Waals surface area contributed by atoms with Gasteiger partial charge in [-0.3, -0.25) is 4.79 Å². The van der Waals surface area contributed by atoms with Crippen molar-refractivity contribution >= 4 is 23.3 Å². The smallest absolute Gasteiger partial charge is 0.417 e. The summed E-state index contributed by atoms with van der Waals surface area (Å²) < 4.78 is 10.9. The van der Waals surface area contributed by atoms with Gasteiger partial charge in [0, 0.05) is 31.8 Å². The lowest BCUT2D eigenvalue weighted by molar-refractivity contribution is -0.141. The number of rotatable bonds is 9. The van der Waals surface area contributed by atoms with Gasteiger partial charge in [-0.25, -0.2) is 14.7 Å². The molecule has 0 bridgehead atoms. The van der Waals surface area contributed by atoms with Crippen LogP contribution in [0.2, 0.25) is 0 Å². The summed E-state index contributed by atoms with van der Waals surface area (Å²) in [7, 11) is 1.46. The maximum atomic E-state index is 13.1. The predicted octanol–water partition coefficient (Wildman–Crippen LogP) is 3.77. The molecule has 1 atom stereocenters. The number of methoxy groups -OCH3 is 1. The Morgan fingerprint density at radius 1 is 1.24 bits per heavy atom. The van der Waals surface area contributed by atoms with Gasteiger partial charge in [0.05, 0.1) is 0 Å². The summed E-state index contributed by atoms with van der Waals surface area (Å²) in [6.45, 7) is 6.83. The Kier molecular flexibility index (Phi) is 8.75. The van der Waals surface area contributed by atoms with Crippen LogP contribution in [0.15, 0.2) is 41.9 Å². The Morgan fingerprint density at radius 2 is 1.97 bits per heavy atom. The lowest BCUT2D eigenvalue weighted by Crippen LogP contribution is -2.44. The van der Waals surface area contributed by atoms with E-state index in [0.717, 1.165) is 9.91 Å². The zero-order chi connectivity index (χ0) is 21.3. The van der Waals surface area contributed by atoms with Gasteiger partial charge < -0.3 is 14.8 Å². The van der Waals surface area contributed by atoms with Crippen molar-refractivity contribution in [3.8, 4) is 0 Å². The van der Waals surface area contributed by atoms with Crippen LogP contribution >= 0.6 is 11.3 Å². The minimum absolute atomic E-state index is 0.227. The first-order chi connectivity index (χ1) is 13.8. The minimum atomic E-state index is -0.869. The van der Waals surface area contributed by atoms with Crippen LogP contribution in [-0.2, 0) is 20.8 Å². The molecule has 2 amide bonds. The van der Waals surface area contributed by atoms with E-state index in [0.29, 0.717) is 25.1 Å². The first-order valence-corrected chi connectivity index (χ1v) is 10.4. The third-order valence-corrected chi connectivity index (χ3v) is 4.72. The zero-order valence-electron chi connectivity index (χ0n) is 17.4. The van der Waals surface area contributed by atoms with Crippen molar-refractivity contribution in [3.63, 3.8) is 0 Å². The van der Waals surface area contributed by atoms with Crippen molar-refractivity contribution in [1.82, 2.24) is 15.2 Å². The molecule has 1 heterocycles. The van der Waals surface area contributed by atoms with Crippen LogP contribution in [0.4, 0.5) is 4.79 Å². The fourth-order valence-electron chi connectivity index (χ4n) is 2.66. The number of carbonyl (C=O) groups is 2. The topological polar surface area (TPSA) is 80.8 Å². The summed E-state index contributed by atoms with van der Waals surface area (Å²) in [5, 5.41) is 6.19. The van der Waals surface area contributed by atoms with E-state index in [4.69, 9.17) is 9.47 Å². The van der Waals surface area contributed by atoms with Crippen molar-refractivity contribution in [2.24, 2.45) is 0 Å². The van der Waals surface area contributed by atoms with E-state index in [1.807, 2.05) is 23.6 Å². The number of benzene rings is 1. The number of imide groups is 1. The standard InChI is InChI=1S/C21H29N3O4S/c1-21(2,3)28-20(26)24(13-8-11-22-15-17-23-12-14-29-17)19(25)18(27-4)16-9-6-5-7-10-16/h5-7,9-10,12,14,18,22H,8,11,13,15H2,1-4H3/t18-/m1/s1. The van der Waals surface area contributed by atoms with E-state index >= 15 is 0 Å². The molecule has 0 fully saturated rings. The number of nitrogens with zero attached hydrogens (tertiary/aromatic N) is 2. The number of ether oxygens (including phenoxy) is 2. The normalized spacial score (nSPS) is 12.4. The first kappa shape index (κ1) is 23.0. The lowest BCUT2D eigenvalue weighted by Gasteiger charge is -2.28. The van der Waals surface area contributed by atoms with Crippen LogP contribution in [0.5, 0.6) is 0 Å². The SMILES string of the molecule is CO[C@@H](C(=O)N(CCCNCc1nccs1)C(=O)OC(C)(C)C)c1ccccc1. The van der Waals surface area contributed by atoms with E-state index in [-0.39, 0.29) is 6.54 Å². The highest BCUT2D eigenvalue weighted by atomic mass is 32.1. The molecular formula is C21H29N3O4S. The molecule has 0 unspecified atom stereocenters. The van der Waals surface area contributed by atoms with E-state index in [9.17, 15) is 9.59 Å². The molecule has 0 aliphatic rings. The second kappa shape index (κ2) is 11.0. The van der Waals surface area contributed by atoms with Crippen LogP contribution in [0.1, 0.15) is 43.9 Å². The molecule has 2 aromatic rings. The Morgan fingerprint density at radius 3 is 2.55 bits per heavy atom. The summed E-state index contributed by atoms with van der Waals surface area (Å²) in [6, 6.07) is 9.12. The van der Waals surface area contributed by atoms with Gasteiger partial charge in [0.25, 0.3) is 5.91 Å². The van der Waals surface area contributed by atoms with Gasteiger partial charge >= 0.3 is 6.09 Å². The van der Waals surface area contributed by atoms with Crippen LogP contribution in [0, 0.1) is 0 Å². The molecule has 0 saturated carbocycles. The maximum absolute atomic E-state index is 13.1. The zero-order valence-corrected chi connectivity index (χ0v) is 18.2. The summed E-state index contributed by atoms with van der Waals surface area (Å²) >= 11 is 1.58. The predicted molar refractivity (Wildman–Crippen MR) is 113 cm³/mol. The molecule has 8 heteroatoms. The van der Waals surface area contributed by atoms with Gasteiger partial charge in [0.1, 0.15) is 10.6 Å². The molecule has 7 nitrogen and oxygen atoms in total. The molecule has 2 rings (SSSR count). The summed E-state index contributed by atoms with van der Waals surface area (Å²) in [5.74, 6) is -0.437. The number of hydrogen-bond donors (Lipinski definition) is 1. The fourth-order valence-corrected chi connectivity index (χ4v) is 3.24. The summed E-state index contributed by atoms with van der Waals surface area (Å²) in [4.78, 5) is 31.2. The number of amides is 2.